The van der Waals surface area contributed by atoms with Gasteiger partial charge in [-0.05, 0) is 102 Å². The summed E-state index contributed by atoms with van der Waals surface area (Å²) in [6.07, 6.45) is 12.5. The fourth-order valence-electron chi connectivity index (χ4n) is 14.3. The van der Waals surface area contributed by atoms with Crippen LogP contribution in [0.4, 0.5) is 34.1 Å². The fourth-order valence-corrected chi connectivity index (χ4v) is 14.3. The molecule has 0 radical (unpaired) electrons. The van der Waals surface area contributed by atoms with E-state index in [-0.39, 0.29) is 0 Å². The van der Waals surface area contributed by atoms with Crippen LogP contribution >= 0.6 is 0 Å². The maximum atomic E-state index is 7.35. The molecule has 3 heterocycles. The summed E-state index contributed by atoms with van der Waals surface area (Å²) in [5.74, 6) is 0.988. The van der Waals surface area contributed by atoms with Crippen molar-refractivity contribution in [3.8, 4) is 22.3 Å². The summed E-state index contributed by atoms with van der Waals surface area (Å²) >= 11 is 0. The van der Waals surface area contributed by atoms with Crippen molar-refractivity contribution in [2.75, 3.05) is 9.80 Å². The highest BCUT2D eigenvalue weighted by molar-refractivity contribution is 6.24. The first-order valence-electron chi connectivity index (χ1n) is 29.4. The Bertz CT molecular complexity index is 4690. The Labute approximate surface area is 471 Å². The summed E-state index contributed by atoms with van der Waals surface area (Å²) in [6.45, 7) is 0. The lowest BCUT2D eigenvalue weighted by atomic mass is 9.83. The number of benzene rings is 11. The van der Waals surface area contributed by atoms with Crippen molar-refractivity contribution in [2.45, 2.75) is 76.0 Å². The second kappa shape index (κ2) is 19.8. The summed E-state index contributed by atoms with van der Waals surface area (Å²) in [5, 5.41) is 8.93. The van der Waals surface area contributed by atoms with Gasteiger partial charge in [0.2, 0.25) is 0 Å². The minimum absolute atomic E-state index is 0.491. The summed E-state index contributed by atoms with van der Waals surface area (Å²) < 4.78 is 22.0. The van der Waals surface area contributed by atoms with Crippen LogP contribution in [0.5, 0.6) is 0 Å². The van der Waals surface area contributed by atoms with Gasteiger partial charge in [-0.15, -0.1) is 0 Å². The van der Waals surface area contributed by atoms with Gasteiger partial charge in [-0.2, -0.15) is 0 Å². The molecule has 5 heteroatoms. The maximum absolute atomic E-state index is 7.35. The monoisotopic (exact) mass is 1050 g/mol. The number of para-hydroxylation sites is 6. The van der Waals surface area contributed by atoms with E-state index < -0.39 is 0 Å². The Hall–Kier alpha value is -9.32. The molecule has 0 spiro atoms. The van der Waals surface area contributed by atoms with Crippen LogP contribution in [-0.2, 0) is 0 Å². The number of hydrogen-bond donors (Lipinski definition) is 0. The normalized spacial score (nSPS) is 14.6. The third-order valence-corrected chi connectivity index (χ3v) is 18.0. The quantitative estimate of drug-likeness (QED) is 0.137. The van der Waals surface area contributed by atoms with Gasteiger partial charge in [0.1, 0.15) is 22.3 Å². The predicted molar refractivity (Wildman–Crippen MR) is 338 cm³/mol. The lowest BCUT2D eigenvalue weighted by molar-refractivity contribution is 0.442. The van der Waals surface area contributed by atoms with E-state index in [0.717, 1.165) is 122 Å². The van der Waals surface area contributed by atoms with E-state index in [2.05, 4.69) is 240 Å². The zero-order valence-electron chi connectivity index (χ0n) is 45.3. The molecular formula is C76H60N2O3. The Kier molecular flexibility index (Phi) is 11.6. The predicted octanol–water partition coefficient (Wildman–Crippen LogP) is 22.9. The first-order chi connectivity index (χ1) is 40.2. The van der Waals surface area contributed by atoms with Crippen LogP contribution in [0, 0.1) is 0 Å². The minimum Gasteiger partial charge on any atom is -0.456 e. The molecule has 0 saturated heterocycles. The second-order valence-corrected chi connectivity index (χ2v) is 22.7. The molecule has 0 N–H and O–H groups in total. The van der Waals surface area contributed by atoms with Crippen LogP contribution in [-0.4, -0.2) is 0 Å². The smallest absolute Gasteiger partial charge is 0.159 e. The molecule has 5 nitrogen and oxygen atoms in total. The van der Waals surface area contributed by atoms with E-state index in [0.29, 0.717) is 11.8 Å². The minimum atomic E-state index is 0.491. The van der Waals surface area contributed by atoms with Crippen LogP contribution in [0.2, 0.25) is 0 Å². The van der Waals surface area contributed by atoms with Gasteiger partial charge in [-0.25, -0.2) is 0 Å². The van der Waals surface area contributed by atoms with E-state index in [9.17, 15) is 0 Å². The molecule has 0 aliphatic heterocycles. The third kappa shape index (κ3) is 7.96. The van der Waals surface area contributed by atoms with Crippen molar-refractivity contribution in [1.82, 2.24) is 0 Å². The zero-order chi connectivity index (χ0) is 53.4. The van der Waals surface area contributed by atoms with Gasteiger partial charge in [-0.3, -0.25) is 0 Å². The van der Waals surface area contributed by atoms with E-state index in [1.165, 1.54) is 86.1 Å². The SMILES string of the molecule is c1ccc(-c2ccccc2N(c2ccc3c(c2)oc2cc(N(c4ccccc4-c4ccccc4)c4cccc5c4oc4c(C6CCCCC6)cccc45)c4ccccc4c23)c2cccc3c2oc2c(C4CCCCC4)cccc23)cc1. The first-order valence-corrected chi connectivity index (χ1v) is 29.4. The number of furan rings is 3. The van der Waals surface area contributed by atoms with Crippen molar-refractivity contribution in [3.05, 3.63) is 242 Å². The molecule has 16 rings (SSSR count). The van der Waals surface area contributed by atoms with E-state index >= 15 is 0 Å². The molecule has 2 aliphatic rings. The summed E-state index contributed by atoms with van der Waals surface area (Å²) in [6, 6.07) is 83.8. The number of fused-ring (bicyclic) bond motifs is 11. The van der Waals surface area contributed by atoms with Crippen molar-refractivity contribution >= 4 is 111 Å². The highest BCUT2D eigenvalue weighted by Gasteiger charge is 2.30. The largest absolute Gasteiger partial charge is 0.456 e. The molecule has 2 fully saturated rings. The molecule has 2 aliphatic carbocycles. The summed E-state index contributed by atoms with van der Waals surface area (Å²) in [7, 11) is 0. The summed E-state index contributed by atoms with van der Waals surface area (Å²) in [4.78, 5) is 4.82. The zero-order valence-corrected chi connectivity index (χ0v) is 45.3. The van der Waals surface area contributed by atoms with Gasteiger partial charge in [0.05, 0.1) is 34.1 Å². The topological polar surface area (TPSA) is 45.9 Å². The van der Waals surface area contributed by atoms with Crippen LogP contribution < -0.4 is 9.80 Å². The number of hydrogen-bond acceptors (Lipinski definition) is 5. The molecule has 0 unspecified atom stereocenters. The van der Waals surface area contributed by atoms with Crippen LogP contribution in [0.15, 0.2) is 244 Å². The van der Waals surface area contributed by atoms with Crippen molar-refractivity contribution < 1.29 is 13.3 Å². The van der Waals surface area contributed by atoms with Crippen LogP contribution in [0.25, 0.3) is 98.8 Å². The highest BCUT2D eigenvalue weighted by Crippen LogP contribution is 2.53. The lowest BCUT2D eigenvalue weighted by Gasteiger charge is -2.29. The molecule has 0 bridgehead atoms. The van der Waals surface area contributed by atoms with Gasteiger partial charge in [-0.1, -0.05) is 221 Å². The van der Waals surface area contributed by atoms with Crippen molar-refractivity contribution in [3.63, 3.8) is 0 Å². The Morgan fingerprint density at radius 2 is 0.728 bits per heavy atom. The Balaban J connectivity index is 0.922. The van der Waals surface area contributed by atoms with E-state index in [1.54, 1.807) is 0 Å². The van der Waals surface area contributed by atoms with Gasteiger partial charge in [0.25, 0.3) is 0 Å². The molecule has 392 valence electrons. The maximum Gasteiger partial charge on any atom is 0.159 e. The molecule has 3 aromatic heterocycles. The fraction of sp³-hybridized carbons (Fsp3) is 0.158. The Morgan fingerprint density at radius 3 is 1.30 bits per heavy atom. The van der Waals surface area contributed by atoms with Crippen LogP contribution in [0.1, 0.15) is 87.2 Å². The van der Waals surface area contributed by atoms with Crippen LogP contribution in [0.3, 0.4) is 0 Å². The average molecular weight is 1050 g/mol. The molecule has 2 saturated carbocycles. The number of rotatable bonds is 10. The highest BCUT2D eigenvalue weighted by atomic mass is 16.3. The molecule has 0 amide bonds. The van der Waals surface area contributed by atoms with Gasteiger partial charge >= 0.3 is 0 Å². The number of anilines is 6. The third-order valence-electron chi connectivity index (χ3n) is 18.0. The van der Waals surface area contributed by atoms with E-state index in [1.807, 2.05) is 0 Å². The van der Waals surface area contributed by atoms with Crippen molar-refractivity contribution in [1.29, 1.82) is 0 Å². The average Bonchev–Trinajstić information content (AvgIpc) is 4.44. The van der Waals surface area contributed by atoms with E-state index in [4.69, 9.17) is 13.3 Å². The molecule has 14 aromatic rings. The standard InChI is InChI=1S/C76H60N2O3/c1-5-23-49(24-6-1)54-31-15-17-41-65(54)77(67-43-21-39-62-60-37-19-35-56(73(60)80-75(62)67)51-27-9-3-10-28-51)53-45-46-64-70(47-53)79-71-48-69(58-33-13-14-34-59(58)72(64)71)78(66-42-18-16-32-55(66)50-25-7-2-8-26-50)68-44-22-40-63-61-38-20-36-57(74(61)81-76(63)68)52-29-11-4-12-30-52/h1-2,5-8,13-26,31-48,51-52H,3-4,9-12,27-30H2. The first kappa shape index (κ1) is 47.7. The Morgan fingerprint density at radius 1 is 0.284 bits per heavy atom. The van der Waals surface area contributed by atoms with Crippen molar-refractivity contribution in [2.24, 2.45) is 0 Å². The molecular weight excluding hydrogens is 989 g/mol. The lowest BCUT2D eigenvalue weighted by Crippen LogP contribution is -2.12. The van der Waals surface area contributed by atoms with Gasteiger partial charge in [0.15, 0.2) is 11.2 Å². The molecule has 81 heavy (non-hydrogen) atoms. The number of nitrogens with zero attached hydrogens (tertiary/aromatic N) is 2. The second-order valence-electron chi connectivity index (χ2n) is 22.7. The van der Waals surface area contributed by atoms with Gasteiger partial charge < -0.3 is 23.1 Å². The van der Waals surface area contributed by atoms with Gasteiger partial charge in [0, 0.05) is 61.0 Å². The molecule has 11 aromatic carbocycles. The molecule has 0 atom stereocenters. The summed E-state index contributed by atoms with van der Waals surface area (Å²) in [5.41, 5.74) is 18.6.